The third kappa shape index (κ3) is 9.62. The molecule has 1 amide bonds. The van der Waals surface area contributed by atoms with E-state index in [0.29, 0.717) is 32.7 Å². The summed E-state index contributed by atoms with van der Waals surface area (Å²) in [7, 11) is -0.550. The zero-order valence-corrected chi connectivity index (χ0v) is 32.0. The number of carbonyl (C=O) groups is 1. The van der Waals surface area contributed by atoms with E-state index in [-0.39, 0.29) is 35.3 Å². The Morgan fingerprint density at radius 3 is 2.43 bits per heavy atom. The van der Waals surface area contributed by atoms with Gasteiger partial charge in [-0.3, -0.25) is 4.79 Å². The molecule has 4 atom stereocenters. The summed E-state index contributed by atoms with van der Waals surface area (Å²) in [4.78, 5) is 15.5. The van der Waals surface area contributed by atoms with Crippen LogP contribution in [-0.4, -0.2) is 83.9 Å². The van der Waals surface area contributed by atoms with Crippen LogP contribution in [0, 0.1) is 12.3 Å². The molecule has 2 aliphatic rings. The van der Waals surface area contributed by atoms with Gasteiger partial charge in [-0.15, -0.1) is 0 Å². The second kappa shape index (κ2) is 16.8. The van der Waals surface area contributed by atoms with Gasteiger partial charge in [0.1, 0.15) is 18.1 Å². The van der Waals surface area contributed by atoms with Crippen LogP contribution in [0.25, 0.3) is 0 Å². The summed E-state index contributed by atoms with van der Waals surface area (Å²) in [5, 5.41) is 3.13. The van der Waals surface area contributed by atoms with Gasteiger partial charge in [-0.05, 0) is 80.6 Å². The highest BCUT2D eigenvalue weighted by Gasteiger charge is 2.43. The minimum Gasteiger partial charge on any atom is -0.497 e. The van der Waals surface area contributed by atoms with Crippen LogP contribution in [-0.2, 0) is 30.9 Å². The summed E-state index contributed by atoms with van der Waals surface area (Å²) < 4.78 is 54.0. The fourth-order valence-electron chi connectivity index (χ4n) is 6.89. The molecule has 0 aromatic heterocycles. The highest BCUT2D eigenvalue weighted by molar-refractivity contribution is 7.89. The molecule has 10 nitrogen and oxygen atoms in total. The van der Waals surface area contributed by atoms with E-state index in [0.717, 1.165) is 53.4 Å². The lowest BCUT2D eigenvalue weighted by molar-refractivity contribution is -0.129. The number of piperidine rings is 1. The molecule has 51 heavy (non-hydrogen) atoms. The normalized spacial score (nSPS) is 20.3. The molecule has 1 saturated heterocycles. The summed E-state index contributed by atoms with van der Waals surface area (Å²) in [5.41, 5.74) is 3.48. The minimum atomic E-state index is -3.91. The molecule has 0 spiro atoms. The Morgan fingerprint density at radius 1 is 1.04 bits per heavy atom. The Hall–Kier alpha value is -3.64. The first-order chi connectivity index (χ1) is 24.3. The van der Waals surface area contributed by atoms with Gasteiger partial charge in [0.15, 0.2) is 0 Å². The Bertz CT molecular complexity index is 1710. The minimum absolute atomic E-state index is 0.0700. The molecule has 0 aliphatic carbocycles. The van der Waals surface area contributed by atoms with Crippen molar-refractivity contribution in [2.45, 2.75) is 89.5 Å². The van der Waals surface area contributed by atoms with Crippen molar-refractivity contribution in [3.05, 3.63) is 83.4 Å². The summed E-state index contributed by atoms with van der Waals surface area (Å²) in [6.07, 6.45) is 1.44. The summed E-state index contributed by atoms with van der Waals surface area (Å²) in [5.74, 6) is 1.42. The second-order valence-electron chi connectivity index (χ2n) is 14.9. The fourth-order valence-corrected chi connectivity index (χ4v) is 8.55. The zero-order valence-electron chi connectivity index (χ0n) is 31.2. The summed E-state index contributed by atoms with van der Waals surface area (Å²) >= 11 is 0. The molecule has 2 heterocycles. The number of anilines is 1. The molecule has 1 N–H and O–H groups in total. The van der Waals surface area contributed by atoms with Gasteiger partial charge in [-0.25, -0.2) is 8.42 Å². The third-order valence-electron chi connectivity index (χ3n) is 9.82. The van der Waals surface area contributed by atoms with Crippen molar-refractivity contribution in [2.24, 2.45) is 5.41 Å². The molecule has 1 fully saturated rings. The van der Waals surface area contributed by atoms with Crippen molar-refractivity contribution in [1.29, 1.82) is 0 Å². The maximum Gasteiger partial charge on any atom is 0.243 e. The first kappa shape index (κ1) is 38.6. The average molecular weight is 722 g/mol. The van der Waals surface area contributed by atoms with Gasteiger partial charge in [0.25, 0.3) is 0 Å². The first-order valence-corrected chi connectivity index (χ1v) is 19.4. The highest BCUT2D eigenvalue weighted by atomic mass is 32.2. The average Bonchev–Trinajstić information content (AvgIpc) is 3.10. The third-order valence-corrected chi connectivity index (χ3v) is 11.8. The number of ether oxygens (including phenoxy) is 4. The molecule has 11 heteroatoms. The molecule has 0 saturated carbocycles. The van der Waals surface area contributed by atoms with Crippen molar-refractivity contribution in [2.75, 3.05) is 52.0 Å². The number of fused-ring (bicyclic) bond motifs is 1. The standard InChI is InChI=1S/C40H55N3O7S/c1-28-9-16-34(17-10-28)51(45,46)43-26-38(50-27-30-11-18-37-36(24-30)42(20-22-49-37)19-8-21-47-6)35(31-12-14-33(48-7)15-13-31)25-32(43)23-29(2)41-39(44)40(3,4)5/h9-18,24,29,32,35,38H,8,19-23,25-27H2,1-7H3,(H,41,44)/t29-,32+,35-,38+/m1/s1. The van der Waals surface area contributed by atoms with E-state index in [4.69, 9.17) is 18.9 Å². The molecule has 5 rings (SSSR count). The van der Waals surface area contributed by atoms with Crippen molar-refractivity contribution < 1.29 is 32.2 Å². The van der Waals surface area contributed by atoms with Crippen LogP contribution in [0.5, 0.6) is 11.5 Å². The largest absolute Gasteiger partial charge is 0.497 e. The van der Waals surface area contributed by atoms with E-state index in [2.05, 4.69) is 16.3 Å². The lowest BCUT2D eigenvalue weighted by Gasteiger charge is -2.44. The lowest BCUT2D eigenvalue weighted by atomic mass is 9.82. The number of hydrogen-bond acceptors (Lipinski definition) is 8. The number of sulfonamides is 1. The molecule has 0 radical (unpaired) electrons. The van der Waals surface area contributed by atoms with Crippen LogP contribution in [0.2, 0.25) is 0 Å². The number of nitrogens with zero attached hydrogens (tertiary/aromatic N) is 2. The number of nitrogens with one attached hydrogen (secondary N) is 1. The molecule has 0 unspecified atom stereocenters. The van der Waals surface area contributed by atoms with Crippen molar-refractivity contribution >= 4 is 21.6 Å². The lowest BCUT2D eigenvalue weighted by Crippen LogP contribution is -2.54. The van der Waals surface area contributed by atoms with E-state index < -0.39 is 21.5 Å². The Balaban J connectivity index is 1.46. The number of benzene rings is 3. The first-order valence-electron chi connectivity index (χ1n) is 17.9. The maximum absolute atomic E-state index is 14.5. The molecule has 3 aromatic rings. The van der Waals surface area contributed by atoms with Gasteiger partial charge in [0, 0.05) is 50.2 Å². The molecule has 3 aromatic carbocycles. The molecule has 278 valence electrons. The maximum atomic E-state index is 14.5. The van der Waals surface area contributed by atoms with Gasteiger partial charge < -0.3 is 29.2 Å². The van der Waals surface area contributed by atoms with Gasteiger partial charge in [0.05, 0.1) is 36.9 Å². The van der Waals surface area contributed by atoms with E-state index in [9.17, 15) is 13.2 Å². The molecular formula is C40H55N3O7S. The van der Waals surface area contributed by atoms with Crippen LogP contribution in [0.4, 0.5) is 5.69 Å². The highest BCUT2D eigenvalue weighted by Crippen LogP contribution is 2.40. The van der Waals surface area contributed by atoms with Gasteiger partial charge in [-0.1, -0.05) is 56.7 Å². The number of aryl methyl sites for hydroxylation is 1. The van der Waals surface area contributed by atoms with Crippen LogP contribution < -0.4 is 19.7 Å². The Labute approximate surface area is 304 Å². The van der Waals surface area contributed by atoms with Crippen LogP contribution in [0.1, 0.15) is 69.6 Å². The van der Waals surface area contributed by atoms with Gasteiger partial charge in [0.2, 0.25) is 15.9 Å². The van der Waals surface area contributed by atoms with Crippen LogP contribution in [0.3, 0.4) is 0 Å². The number of hydrogen-bond donors (Lipinski definition) is 1. The number of amides is 1. The number of rotatable bonds is 14. The quantitative estimate of drug-likeness (QED) is 0.193. The summed E-state index contributed by atoms with van der Waals surface area (Å²) in [6, 6.07) is 20.4. The van der Waals surface area contributed by atoms with Gasteiger partial charge in [-0.2, -0.15) is 4.31 Å². The molecular weight excluding hydrogens is 667 g/mol. The smallest absolute Gasteiger partial charge is 0.243 e. The van der Waals surface area contributed by atoms with Crippen molar-refractivity contribution in [3.63, 3.8) is 0 Å². The number of carbonyl (C=O) groups excluding carboxylic acids is 1. The predicted octanol–water partition coefficient (Wildman–Crippen LogP) is 6.31. The van der Waals surface area contributed by atoms with E-state index in [1.54, 1.807) is 30.7 Å². The van der Waals surface area contributed by atoms with Gasteiger partial charge >= 0.3 is 0 Å². The SMILES string of the molecule is COCCCN1CCOc2ccc(CO[C@H]3CN(S(=O)(=O)c4ccc(C)cc4)[C@@H](C[C@@H](C)NC(=O)C(C)(C)C)C[C@@H]3c3ccc(OC)cc3)cc21. The topological polar surface area (TPSA) is 107 Å². The fraction of sp³-hybridized carbons (Fsp3) is 0.525. The monoisotopic (exact) mass is 721 g/mol. The van der Waals surface area contributed by atoms with E-state index in [1.165, 1.54) is 0 Å². The van der Waals surface area contributed by atoms with E-state index in [1.807, 2.05) is 83.1 Å². The second-order valence-corrected chi connectivity index (χ2v) is 16.7. The Morgan fingerprint density at radius 2 is 1.76 bits per heavy atom. The predicted molar refractivity (Wildman–Crippen MR) is 200 cm³/mol. The molecule has 2 aliphatic heterocycles. The van der Waals surface area contributed by atoms with Crippen molar-refractivity contribution in [1.82, 2.24) is 9.62 Å². The van der Waals surface area contributed by atoms with Crippen LogP contribution in [0.15, 0.2) is 71.6 Å². The van der Waals surface area contributed by atoms with Crippen molar-refractivity contribution in [3.8, 4) is 11.5 Å². The summed E-state index contributed by atoms with van der Waals surface area (Å²) in [6.45, 7) is 13.0. The van der Waals surface area contributed by atoms with Crippen LogP contribution >= 0.6 is 0 Å². The number of methoxy groups -OCH3 is 2. The Kier molecular flexibility index (Phi) is 12.7. The molecule has 0 bridgehead atoms. The van der Waals surface area contributed by atoms with E-state index >= 15 is 0 Å². The zero-order chi connectivity index (χ0) is 36.8.